The van der Waals surface area contributed by atoms with Gasteiger partial charge in [-0.15, -0.1) is 0 Å². The molecule has 156 valence electrons. The molecule has 0 radical (unpaired) electrons. The Morgan fingerprint density at radius 2 is 1.76 bits per heavy atom. The lowest BCUT2D eigenvalue weighted by Crippen LogP contribution is -2.47. The molecule has 4 heterocycles. The molecular formula is C21H31N7O. The highest BCUT2D eigenvalue weighted by Crippen LogP contribution is 2.26. The van der Waals surface area contributed by atoms with Crippen molar-refractivity contribution in [2.24, 2.45) is 0 Å². The monoisotopic (exact) mass is 397 g/mol. The van der Waals surface area contributed by atoms with Gasteiger partial charge >= 0.3 is 0 Å². The Hall–Kier alpha value is -2.48. The first-order valence-corrected chi connectivity index (χ1v) is 10.7. The second-order valence-corrected chi connectivity index (χ2v) is 8.17. The Labute approximate surface area is 172 Å². The summed E-state index contributed by atoms with van der Waals surface area (Å²) in [6.07, 6.45) is 6.84. The van der Waals surface area contributed by atoms with E-state index in [1.165, 1.54) is 6.42 Å². The molecule has 2 aliphatic heterocycles. The Morgan fingerprint density at radius 3 is 2.52 bits per heavy atom. The van der Waals surface area contributed by atoms with Gasteiger partial charge in [-0.05, 0) is 31.2 Å². The zero-order valence-corrected chi connectivity index (χ0v) is 17.4. The number of piperidine rings is 1. The molecule has 0 spiro atoms. The van der Waals surface area contributed by atoms with E-state index in [1.54, 1.807) is 6.33 Å². The third-order valence-electron chi connectivity index (χ3n) is 5.91. The number of rotatable bonds is 5. The molecule has 8 nitrogen and oxygen atoms in total. The van der Waals surface area contributed by atoms with Gasteiger partial charge in [-0.1, -0.05) is 13.8 Å². The van der Waals surface area contributed by atoms with E-state index in [2.05, 4.69) is 49.6 Å². The average molecular weight is 398 g/mol. The summed E-state index contributed by atoms with van der Waals surface area (Å²) in [4.78, 5) is 25.0. The minimum Gasteiger partial charge on any atom is -0.394 e. The zero-order valence-electron chi connectivity index (χ0n) is 17.4. The molecule has 29 heavy (non-hydrogen) atoms. The van der Waals surface area contributed by atoms with E-state index in [9.17, 15) is 5.11 Å². The number of aromatic nitrogens is 4. The van der Waals surface area contributed by atoms with Crippen LogP contribution >= 0.6 is 0 Å². The van der Waals surface area contributed by atoms with E-state index < -0.39 is 0 Å². The fourth-order valence-electron chi connectivity index (χ4n) is 4.13. The van der Waals surface area contributed by atoms with Crippen molar-refractivity contribution in [3.8, 4) is 0 Å². The van der Waals surface area contributed by atoms with Crippen molar-refractivity contribution < 1.29 is 5.11 Å². The molecule has 2 saturated heterocycles. The first-order chi connectivity index (χ1) is 14.2. The van der Waals surface area contributed by atoms with Gasteiger partial charge in [-0.2, -0.15) is 0 Å². The number of nitrogens with zero attached hydrogens (tertiary/aromatic N) is 7. The zero-order chi connectivity index (χ0) is 20.2. The number of piperazine rings is 1. The summed E-state index contributed by atoms with van der Waals surface area (Å²) >= 11 is 0. The third kappa shape index (κ3) is 4.42. The lowest BCUT2D eigenvalue weighted by atomic mass is 10.0. The standard InChI is InChI=1S/C21H31N7O/c1-16(2)18-6-7-22-21(25-18)27-11-9-26(10-12-27)19-13-20(24-15-23-19)28-8-4-3-5-17(28)14-29/h6-7,13,15-17,29H,3-5,8-12,14H2,1-2H3. The van der Waals surface area contributed by atoms with Gasteiger partial charge in [-0.25, -0.2) is 19.9 Å². The highest BCUT2D eigenvalue weighted by molar-refractivity contribution is 5.52. The summed E-state index contributed by atoms with van der Waals surface area (Å²) in [5, 5.41) is 9.72. The van der Waals surface area contributed by atoms with Gasteiger partial charge in [0.15, 0.2) is 0 Å². The van der Waals surface area contributed by atoms with Crippen molar-refractivity contribution in [2.75, 3.05) is 54.0 Å². The molecular weight excluding hydrogens is 366 g/mol. The van der Waals surface area contributed by atoms with Crippen LogP contribution in [0.4, 0.5) is 17.6 Å². The van der Waals surface area contributed by atoms with Gasteiger partial charge in [-0.3, -0.25) is 0 Å². The van der Waals surface area contributed by atoms with Crippen molar-refractivity contribution in [3.05, 3.63) is 30.4 Å². The minimum absolute atomic E-state index is 0.161. The summed E-state index contributed by atoms with van der Waals surface area (Å²) in [5.74, 6) is 3.09. The van der Waals surface area contributed by atoms with Gasteiger partial charge in [0.1, 0.15) is 18.0 Å². The largest absolute Gasteiger partial charge is 0.394 e. The van der Waals surface area contributed by atoms with Gasteiger partial charge in [0.25, 0.3) is 0 Å². The van der Waals surface area contributed by atoms with E-state index in [4.69, 9.17) is 4.98 Å². The maximum Gasteiger partial charge on any atom is 0.225 e. The lowest BCUT2D eigenvalue weighted by Gasteiger charge is -2.37. The number of aliphatic hydroxyl groups is 1. The molecule has 2 aromatic rings. The van der Waals surface area contributed by atoms with Crippen LogP contribution in [0.3, 0.4) is 0 Å². The van der Waals surface area contributed by atoms with E-state index >= 15 is 0 Å². The minimum atomic E-state index is 0.161. The molecule has 2 aromatic heterocycles. The molecule has 1 unspecified atom stereocenters. The molecule has 0 aliphatic carbocycles. The smallest absolute Gasteiger partial charge is 0.225 e. The molecule has 0 amide bonds. The Morgan fingerprint density at radius 1 is 1.00 bits per heavy atom. The van der Waals surface area contributed by atoms with E-state index in [-0.39, 0.29) is 12.6 Å². The topological polar surface area (TPSA) is 81.5 Å². The van der Waals surface area contributed by atoms with Crippen molar-refractivity contribution >= 4 is 17.6 Å². The van der Waals surface area contributed by atoms with Crippen LogP contribution in [0, 0.1) is 0 Å². The number of aliphatic hydroxyl groups excluding tert-OH is 1. The summed E-state index contributed by atoms with van der Waals surface area (Å²) in [7, 11) is 0. The molecule has 0 bridgehead atoms. The lowest BCUT2D eigenvalue weighted by molar-refractivity contribution is 0.239. The SMILES string of the molecule is CC(C)c1ccnc(N2CCN(c3cc(N4CCCCC4CO)ncn3)CC2)n1. The highest BCUT2D eigenvalue weighted by atomic mass is 16.3. The number of anilines is 3. The molecule has 4 rings (SSSR count). The van der Waals surface area contributed by atoms with Crippen molar-refractivity contribution in [3.63, 3.8) is 0 Å². The van der Waals surface area contributed by atoms with Crippen LogP contribution in [0.25, 0.3) is 0 Å². The van der Waals surface area contributed by atoms with Crippen LogP contribution in [0.2, 0.25) is 0 Å². The van der Waals surface area contributed by atoms with Gasteiger partial charge < -0.3 is 19.8 Å². The second-order valence-electron chi connectivity index (χ2n) is 8.17. The maximum absolute atomic E-state index is 9.72. The molecule has 1 N–H and O–H groups in total. The third-order valence-corrected chi connectivity index (χ3v) is 5.91. The van der Waals surface area contributed by atoms with Crippen molar-refractivity contribution in [1.29, 1.82) is 0 Å². The average Bonchev–Trinajstić information content (AvgIpc) is 2.79. The Balaban J connectivity index is 1.43. The predicted octanol–water partition coefficient (Wildman–Crippen LogP) is 2.07. The van der Waals surface area contributed by atoms with Gasteiger partial charge in [0.2, 0.25) is 5.95 Å². The van der Waals surface area contributed by atoms with Crippen molar-refractivity contribution in [1.82, 2.24) is 19.9 Å². The summed E-state index contributed by atoms with van der Waals surface area (Å²) < 4.78 is 0. The Kier molecular flexibility index (Phi) is 6.08. The van der Waals surface area contributed by atoms with Crippen LogP contribution in [0.15, 0.2) is 24.7 Å². The number of hydrogen-bond acceptors (Lipinski definition) is 8. The first kappa shape index (κ1) is 19.8. The van der Waals surface area contributed by atoms with E-state index in [1.807, 2.05) is 12.3 Å². The van der Waals surface area contributed by atoms with E-state index in [0.29, 0.717) is 5.92 Å². The molecule has 2 fully saturated rings. The highest BCUT2D eigenvalue weighted by Gasteiger charge is 2.25. The van der Waals surface area contributed by atoms with Crippen LogP contribution < -0.4 is 14.7 Å². The molecule has 2 aliphatic rings. The van der Waals surface area contributed by atoms with Gasteiger partial charge in [0, 0.05) is 50.7 Å². The summed E-state index contributed by atoms with van der Waals surface area (Å²) in [5.41, 5.74) is 1.08. The Bertz CT molecular complexity index is 807. The molecule has 8 heteroatoms. The normalized spacial score (nSPS) is 20.4. The number of hydrogen-bond donors (Lipinski definition) is 1. The molecule has 0 saturated carbocycles. The molecule has 0 aromatic carbocycles. The summed E-state index contributed by atoms with van der Waals surface area (Å²) in [6.45, 7) is 8.89. The van der Waals surface area contributed by atoms with Crippen LogP contribution in [-0.4, -0.2) is 70.4 Å². The van der Waals surface area contributed by atoms with Crippen LogP contribution in [-0.2, 0) is 0 Å². The second kappa shape index (κ2) is 8.90. The fraction of sp³-hybridized carbons (Fsp3) is 0.619. The predicted molar refractivity (Wildman–Crippen MR) is 115 cm³/mol. The van der Waals surface area contributed by atoms with Gasteiger partial charge in [0.05, 0.1) is 12.6 Å². The van der Waals surface area contributed by atoms with Crippen molar-refractivity contribution in [2.45, 2.75) is 45.1 Å². The summed E-state index contributed by atoms with van der Waals surface area (Å²) in [6, 6.07) is 4.22. The maximum atomic E-state index is 9.72. The van der Waals surface area contributed by atoms with Crippen LogP contribution in [0.1, 0.15) is 44.7 Å². The molecule has 1 atom stereocenters. The van der Waals surface area contributed by atoms with Crippen LogP contribution in [0.5, 0.6) is 0 Å². The fourth-order valence-corrected chi connectivity index (χ4v) is 4.13. The first-order valence-electron chi connectivity index (χ1n) is 10.7. The van der Waals surface area contributed by atoms with E-state index in [0.717, 1.165) is 68.8 Å². The quantitative estimate of drug-likeness (QED) is 0.821.